The molecule has 0 saturated carbocycles. The molecule has 238 valence electrons. The number of hydrogen-bond donors (Lipinski definition) is 0. The van der Waals surface area contributed by atoms with E-state index in [4.69, 9.17) is 0 Å². The predicted molar refractivity (Wildman–Crippen MR) is 190 cm³/mol. The molecule has 0 spiro atoms. The van der Waals surface area contributed by atoms with Crippen LogP contribution in [0.3, 0.4) is 0 Å². The van der Waals surface area contributed by atoms with E-state index < -0.39 is 0 Å². The van der Waals surface area contributed by atoms with Crippen molar-refractivity contribution in [3.8, 4) is 11.1 Å². The number of nitrogens with zero attached hydrogens (tertiary/aromatic N) is 6. The van der Waals surface area contributed by atoms with Gasteiger partial charge in [0.2, 0.25) is 0 Å². The van der Waals surface area contributed by atoms with Gasteiger partial charge < -0.3 is 29.4 Å². The summed E-state index contributed by atoms with van der Waals surface area (Å²) in [7, 11) is 6.55. The first-order valence-electron chi connectivity index (χ1n) is 16.6. The third-order valence-corrected chi connectivity index (χ3v) is 9.80. The molecule has 3 aliphatic heterocycles. The van der Waals surface area contributed by atoms with Gasteiger partial charge in [0.1, 0.15) is 0 Å². The molecule has 3 saturated heterocycles. The molecular weight excluding hydrogens is 556 g/mol. The lowest BCUT2D eigenvalue weighted by Gasteiger charge is -2.37. The van der Waals surface area contributed by atoms with Crippen LogP contribution in [0.15, 0.2) is 60.7 Å². The Morgan fingerprint density at radius 2 is 1.09 bits per heavy atom. The molecule has 6 rings (SSSR count). The van der Waals surface area contributed by atoms with Crippen LogP contribution in [0.25, 0.3) is 17.2 Å². The Morgan fingerprint density at radius 3 is 1.67 bits per heavy atom. The lowest BCUT2D eigenvalue weighted by molar-refractivity contribution is 0.104. The molecule has 3 aromatic carbocycles. The Kier molecular flexibility index (Phi) is 9.59. The van der Waals surface area contributed by atoms with E-state index in [-0.39, 0.29) is 5.78 Å². The molecule has 3 aromatic rings. The van der Waals surface area contributed by atoms with Crippen molar-refractivity contribution >= 4 is 28.9 Å². The highest BCUT2D eigenvalue weighted by atomic mass is 16.1. The minimum atomic E-state index is 0.0648. The normalized spacial score (nSPS) is 19.1. The second-order valence-electron chi connectivity index (χ2n) is 13.4. The molecule has 45 heavy (non-hydrogen) atoms. The first-order chi connectivity index (χ1) is 21.7. The van der Waals surface area contributed by atoms with Gasteiger partial charge in [-0.2, -0.15) is 0 Å². The Labute approximate surface area is 270 Å². The third kappa shape index (κ3) is 7.43. The van der Waals surface area contributed by atoms with Gasteiger partial charge >= 0.3 is 0 Å². The molecule has 7 heteroatoms. The van der Waals surface area contributed by atoms with Gasteiger partial charge in [-0.25, -0.2) is 0 Å². The predicted octanol–water partition coefficient (Wildman–Crippen LogP) is 5.12. The van der Waals surface area contributed by atoms with E-state index in [1.807, 2.05) is 6.08 Å². The van der Waals surface area contributed by atoms with Crippen LogP contribution in [-0.4, -0.2) is 120 Å². The number of allylic oxidation sites excluding steroid dienone is 1. The highest BCUT2D eigenvalue weighted by molar-refractivity contribution is 6.11. The summed E-state index contributed by atoms with van der Waals surface area (Å²) in [6.45, 7) is 16.3. The number of ketones is 1. The molecule has 0 amide bonds. The fourth-order valence-electron chi connectivity index (χ4n) is 6.90. The molecule has 0 atom stereocenters. The van der Waals surface area contributed by atoms with Crippen LogP contribution >= 0.6 is 0 Å². The van der Waals surface area contributed by atoms with Crippen molar-refractivity contribution in [2.24, 2.45) is 0 Å². The van der Waals surface area contributed by atoms with Crippen molar-refractivity contribution in [2.75, 3.05) is 114 Å². The van der Waals surface area contributed by atoms with Crippen molar-refractivity contribution in [1.82, 2.24) is 14.7 Å². The average Bonchev–Trinajstić information content (AvgIpc) is 3.04. The van der Waals surface area contributed by atoms with E-state index in [1.54, 1.807) is 0 Å². The number of likely N-dealkylation sites (N-methyl/N-ethyl adjacent to an activating group) is 3. The van der Waals surface area contributed by atoms with Crippen LogP contribution in [-0.2, 0) is 0 Å². The average molecular weight is 607 g/mol. The van der Waals surface area contributed by atoms with E-state index in [0.29, 0.717) is 0 Å². The number of piperazine rings is 3. The monoisotopic (exact) mass is 606 g/mol. The quantitative estimate of drug-likeness (QED) is 0.273. The number of anilines is 3. The molecule has 0 N–H and O–H groups in total. The third-order valence-electron chi connectivity index (χ3n) is 9.80. The van der Waals surface area contributed by atoms with Crippen LogP contribution in [0.4, 0.5) is 17.1 Å². The first-order valence-corrected chi connectivity index (χ1v) is 16.6. The fraction of sp³-hybridized carbons (Fsp3) is 0.447. The van der Waals surface area contributed by atoms with Gasteiger partial charge in [0.05, 0.1) is 5.69 Å². The highest BCUT2D eigenvalue weighted by Gasteiger charge is 2.23. The minimum Gasteiger partial charge on any atom is -0.369 e. The van der Waals surface area contributed by atoms with Crippen LogP contribution in [0.5, 0.6) is 0 Å². The van der Waals surface area contributed by atoms with Crippen molar-refractivity contribution in [1.29, 1.82) is 0 Å². The number of carbonyl (C=O) groups is 1. The second-order valence-corrected chi connectivity index (χ2v) is 13.4. The fourth-order valence-corrected chi connectivity index (χ4v) is 6.90. The summed E-state index contributed by atoms with van der Waals surface area (Å²) in [5, 5.41) is 0. The zero-order chi connectivity index (χ0) is 31.5. The van der Waals surface area contributed by atoms with Crippen molar-refractivity contribution in [2.45, 2.75) is 13.8 Å². The zero-order valence-corrected chi connectivity index (χ0v) is 27.9. The maximum atomic E-state index is 14.1. The van der Waals surface area contributed by atoms with E-state index in [2.05, 4.69) is 125 Å². The molecule has 3 fully saturated rings. The Hall–Kier alpha value is -3.65. The number of benzene rings is 3. The SMILES string of the molecule is Cc1cc(C)cc(-c2ccc(N3CCN(C)CC3)c(C=CC(=O)c3ccc(N4CCN(C)CC4)cc3N3CCN(C)CC3)c2)c1. The smallest absolute Gasteiger partial charge is 0.187 e. The van der Waals surface area contributed by atoms with Crippen molar-refractivity contribution < 1.29 is 4.79 Å². The van der Waals surface area contributed by atoms with Crippen LogP contribution < -0.4 is 14.7 Å². The number of carbonyl (C=O) groups excluding carboxylic acids is 1. The summed E-state index contributed by atoms with van der Waals surface area (Å²) in [5.41, 5.74) is 10.3. The zero-order valence-electron chi connectivity index (χ0n) is 27.9. The standard InChI is InChI=1S/C38H50N6O/c1-29-24-30(2)26-33(25-29)31-6-10-36(43-20-14-40(4)15-21-43)32(27-31)7-11-38(45)35-9-8-34(42-18-12-39(3)13-19-42)28-37(35)44-22-16-41(5)17-23-44/h6-11,24-28H,12-23H2,1-5H3. The second kappa shape index (κ2) is 13.8. The lowest BCUT2D eigenvalue weighted by Crippen LogP contribution is -2.46. The van der Waals surface area contributed by atoms with E-state index in [9.17, 15) is 4.79 Å². The molecule has 0 unspecified atom stereocenters. The molecular formula is C38H50N6O. The minimum absolute atomic E-state index is 0.0648. The van der Waals surface area contributed by atoms with Gasteiger partial charge in [-0.15, -0.1) is 0 Å². The summed E-state index contributed by atoms with van der Waals surface area (Å²) < 4.78 is 0. The maximum Gasteiger partial charge on any atom is 0.187 e. The summed E-state index contributed by atoms with van der Waals surface area (Å²) in [4.78, 5) is 28.6. The van der Waals surface area contributed by atoms with Crippen LogP contribution in [0.2, 0.25) is 0 Å². The Balaban J connectivity index is 1.33. The molecule has 0 aromatic heterocycles. The number of rotatable bonds is 7. The van der Waals surface area contributed by atoms with Crippen LogP contribution in [0.1, 0.15) is 27.0 Å². The number of aryl methyl sites for hydroxylation is 2. The van der Waals surface area contributed by atoms with Gasteiger partial charge in [0.25, 0.3) is 0 Å². The summed E-state index contributed by atoms with van der Waals surface area (Å²) in [6.07, 6.45) is 3.87. The summed E-state index contributed by atoms with van der Waals surface area (Å²) >= 11 is 0. The lowest BCUT2D eigenvalue weighted by atomic mass is 9.97. The van der Waals surface area contributed by atoms with Gasteiger partial charge in [-0.3, -0.25) is 4.79 Å². The van der Waals surface area contributed by atoms with Gasteiger partial charge in [-0.05, 0) is 94.2 Å². The highest BCUT2D eigenvalue weighted by Crippen LogP contribution is 2.32. The van der Waals surface area contributed by atoms with Gasteiger partial charge in [0.15, 0.2) is 5.78 Å². The van der Waals surface area contributed by atoms with E-state index >= 15 is 0 Å². The van der Waals surface area contributed by atoms with Crippen LogP contribution in [0, 0.1) is 13.8 Å². The number of hydrogen-bond acceptors (Lipinski definition) is 7. The summed E-state index contributed by atoms with van der Waals surface area (Å²) in [6, 6.07) is 20.0. The van der Waals surface area contributed by atoms with Crippen molar-refractivity contribution in [3.63, 3.8) is 0 Å². The molecule has 7 nitrogen and oxygen atoms in total. The van der Waals surface area contributed by atoms with E-state index in [0.717, 1.165) is 95.4 Å². The summed E-state index contributed by atoms with van der Waals surface area (Å²) in [5.74, 6) is 0.0648. The van der Waals surface area contributed by atoms with E-state index in [1.165, 1.54) is 33.6 Å². The van der Waals surface area contributed by atoms with Crippen molar-refractivity contribution in [3.05, 3.63) is 82.9 Å². The molecule has 3 aliphatic rings. The van der Waals surface area contributed by atoms with Gasteiger partial charge in [-0.1, -0.05) is 35.4 Å². The Morgan fingerprint density at radius 1 is 0.556 bits per heavy atom. The molecule has 0 aliphatic carbocycles. The first kappa shape index (κ1) is 31.3. The maximum absolute atomic E-state index is 14.1. The molecule has 3 heterocycles. The Bertz CT molecular complexity index is 1500. The topological polar surface area (TPSA) is 36.5 Å². The van der Waals surface area contributed by atoms with Gasteiger partial charge in [0, 0.05) is 95.5 Å². The largest absolute Gasteiger partial charge is 0.369 e. The molecule has 0 radical (unpaired) electrons. The molecule has 0 bridgehead atoms.